The quantitative estimate of drug-likeness (QED) is 0.478. The van der Waals surface area contributed by atoms with Crippen molar-refractivity contribution < 1.29 is 31.6 Å². The van der Waals surface area contributed by atoms with Crippen molar-refractivity contribution >= 4 is 27.7 Å². The fraction of sp³-hybridized carbons (Fsp3) is 0.318. The third-order valence-corrected chi connectivity index (χ3v) is 6.66. The summed E-state index contributed by atoms with van der Waals surface area (Å²) in [5.74, 6) is -5.55. The smallest absolute Gasteiger partial charge is 0.261 e. The Bertz CT molecular complexity index is 1150. The van der Waals surface area contributed by atoms with Crippen molar-refractivity contribution in [3.05, 3.63) is 65.2 Å². The zero-order valence-corrected chi connectivity index (χ0v) is 19.9. The zero-order chi connectivity index (χ0) is 25.6. The van der Waals surface area contributed by atoms with Gasteiger partial charge in [-0.25, -0.2) is 17.2 Å². The molecule has 0 bridgehead atoms. The van der Waals surface area contributed by atoms with Gasteiger partial charge in [0.2, 0.25) is 10.0 Å². The number of rotatable bonds is 8. The molecule has 2 aromatic carbocycles. The van der Waals surface area contributed by atoms with Crippen molar-refractivity contribution in [1.82, 2.24) is 20.5 Å². The molecule has 0 aliphatic heterocycles. The summed E-state index contributed by atoms with van der Waals surface area (Å²) in [7, 11) is -2.74. The van der Waals surface area contributed by atoms with E-state index in [0.29, 0.717) is 0 Å². The number of amides is 3. The number of sulfonamides is 1. The first-order chi connectivity index (χ1) is 15.8. The van der Waals surface area contributed by atoms with Crippen LogP contribution in [0.5, 0.6) is 0 Å². The minimum absolute atomic E-state index is 0.000367. The van der Waals surface area contributed by atoms with Crippen LogP contribution in [-0.2, 0) is 19.6 Å². The van der Waals surface area contributed by atoms with Crippen molar-refractivity contribution in [3.63, 3.8) is 0 Å². The van der Waals surface area contributed by atoms with E-state index in [-0.39, 0.29) is 4.90 Å². The number of hydrogen-bond acceptors (Lipinski definition) is 5. The van der Waals surface area contributed by atoms with E-state index in [1.54, 1.807) is 32.9 Å². The molecule has 0 aliphatic carbocycles. The molecule has 3 amide bonds. The van der Waals surface area contributed by atoms with Crippen LogP contribution in [0, 0.1) is 24.5 Å². The lowest BCUT2D eigenvalue weighted by molar-refractivity contribution is -0.130. The summed E-state index contributed by atoms with van der Waals surface area (Å²) in [6.45, 7) is 4.35. The fourth-order valence-corrected chi connectivity index (χ4v) is 4.02. The van der Waals surface area contributed by atoms with E-state index >= 15 is 0 Å². The number of hydrazine groups is 1. The highest BCUT2D eigenvalue weighted by molar-refractivity contribution is 7.89. The Labute approximate surface area is 196 Å². The predicted octanol–water partition coefficient (Wildman–Crippen LogP) is 1.50. The van der Waals surface area contributed by atoms with Gasteiger partial charge in [-0.3, -0.25) is 25.2 Å². The standard InChI is InChI=1S/C22H26F2N4O5S/c1-13(2)20(25-21(30)19-16(23)6-5-7-17(19)24)22(31)27-26-18(29)12-28(4)34(32,33)15-10-8-14(3)9-11-15/h5-11,13,20H,12H2,1-4H3,(H,25,30)(H,26,29)(H,27,31). The van der Waals surface area contributed by atoms with E-state index in [1.807, 2.05) is 0 Å². The normalized spacial score (nSPS) is 12.4. The molecule has 0 heterocycles. The number of nitrogens with zero attached hydrogens (tertiary/aromatic N) is 1. The maximum atomic E-state index is 13.9. The molecule has 0 radical (unpaired) electrons. The van der Waals surface area contributed by atoms with Crippen LogP contribution in [-0.4, -0.2) is 50.1 Å². The number of aryl methyl sites for hydroxylation is 1. The van der Waals surface area contributed by atoms with E-state index in [9.17, 15) is 31.6 Å². The number of nitrogens with one attached hydrogen (secondary N) is 3. The summed E-state index contributed by atoms with van der Waals surface area (Å²) in [6, 6.07) is 7.72. The molecule has 12 heteroatoms. The SMILES string of the molecule is Cc1ccc(S(=O)(=O)N(C)CC(=O)NNC(=O)C(NC(=O)c2c(F)cccc2F)C(C)C)cc1. The largest absolute Gasteiger partial charge is 0.340 e. The van der Waals surface area contributed by atoms with Crippen LogP contribution in [0.2, 0.25) is 0 Å². The molecule has 0 fully saturated rings. The number of likely N-dealkylation sites (N-methyl/N-ethyl adjacent to an activating group) is 1. The molecular formula is C22H26F2N4O5S. The summed E-state index contributed by atoms with van der Waals surface area (Å²) in [5, 5.41) is 2.24. The van der Waals surface area contributed by atoms with Crippen LogP contribution in [0.1, 0.15) is 29.8 Å². The molecule has 0 aromatic heterocycles. The van der Waals surface area contributed by atoms with Crippen LogP contribution < -0.4 is 16.2 Å². The molecule has 9 nitrogen and oxygen atoms in total. The second-order valence-corrected chi connectivity index (χ2v) is 9.95. The van der Waals surface area contributed by atoms with Crippen molar-refractivity contribution in [2.75, 3.05) is 13.6 Å². The molecule has 0 spiro atoms. The molecule has 34 heavy (non-hydrogen) atoms. The summed E-state index contributed by atoms with van der Waals surface area (Å²) in [6.07, 6.45) is 0. The highest BCUT2D eigenvalue weighted by atomic mass is 32.2. The van der Waals surface area contributed by atoms with Gasteiger partial charge < -0.3 is 5.32 Å². The summed E-state index contributed by atoms with van der Waals surface area (Å²) in [5.41, 5.74) is 4.19. The number of carbonyl (C=O) groups excluding carboxylic acids is 3. The first-order valence-corrected chi connectivity index (χ1v) is 11.6. The van der Waals surface area contributed by atoms with Crippen LogP contribution in [0.4, 0.5) is 8.78 Å². The maximum absolute atomic E-state index is 13.9. The van der Waals surface area contributed by atoms with Gasteiger partial charge >= 0.3 is 0 Å². The Hall–Kier alpha value is -3.38. The van der Waals surface area contributed by atoms with Crippen molar-refractivity contribution in [3.8, 4) is 0 Å². The van der Waals surface area contributed by atoms with Crippen molar-refractivity contribution in [2.45, 2.75) is 31.7 Å². The minimum atomic E-state index is -3.94. The topological polar surface area (TPSA) is 125 Å². The molecule has 0 saturated heterocycles. The number of halogens is 2. The molecule has 184 valence electrons. The van der Waals surface area contributed by atoms with E-state index in [2.05, 4.69) is 16.2 Å². The van der Waals surface area contributed by atoms with Gasteiger partial charge in [-0.1, -0.05) is 37.6 Å². The van der Waals surface area contributed by atoms with Crippen LogP contribution in [0.3, 0.4) is 0 Å². The van der Waals surface area contributed by atoms with E-state index in [0.717, 1.165) is 28.1 Å². The van der Waals surface area contributed by atoms with Gasteiger partial charge in [0.05, 0.1) is 11.4 Å². The van der Waals surface area contributed by atoms with Gasteiger partial charge in [0.15, 0.2) is 0 Å². The second kappa shape index (κ2) is 11.2. The number of benzene rings is 2. The van der Waals surface area contributed by atoms with Gasteiger partial charge in [-0.05, 0) is 37.1 Å². The second-order valence-electron chi connectivity index (χ2n) is 7.90. The maximum Gasteiger partial charge on any atom is 0.261 e. The predicted molar refractivity (Wildman–Crippen MR) is 120 cm³/mol. The molecule has 1 unspecified atom stereocenters. The van der Waals surface area contributed by atoms with Gasteiger partial charge in [0, 0.05) is 7.05 Å². The summed E-state index contributed by atoms with van der Waals surface area (Å²) >= 11 is 0. The van der Waals surface area contributed by atoms with Gasteiger partial charge in [0.25, 0.3) is 17.7 Å². The average Bonchev–Trinajstić information content (AvgIpc) is 2.75. The van der Waals surface area contributed by atoms with Gasteiger partial charge in [0.1, 0.15) is 23.2 Å². The lowest BCUT2D eigenvalue weighted by Gasteiger charge is -2.22. The Morgan fingerprint density at radius 1 is 0.971 bits per heavy atom. The Morgan fingerprint density at radius 3 is 2.06 bits per heavy atom. The Balaban J connectivity index is 1.99. The highest BCUT2D eigenvalue weighted by Crippen LogP contribution is 2.15. The first kappa shape index (κ1) is 26.9. The lowest BCUT2D eigenvalue weighted by Crippen LogP contribution is -2.55. The average molecular weight is 497 g/mol. The first-order valence-electron chi connectivity index (χ1n) is 10.2. The third-order valence-electron chi connectivity index (χ3n) is 4.85. The van der Waals surface area contributed by atoms with Gasteiger partial charge in [-0.15, -0.1) is 0 Å². The van der Waals surface area contributed by atoms with E-state index < -0.39 is 63.4 Å². The molecule has 0 saturated carbocycles. The monoisotopic (exact) mass is 496 g/mol. The molecule has 1 atom stereocenters. The molecular weight excluding hydrogens is 470 g/mol. The Kier molecular flexibility index (Phi) is 8.82. The number of hydrogen-bond donors (Lipinski definition) is 3. The van der Waals surface area contributed by atoms with Crippen LogP contribution >= 0.6 is 0 Å². The molecule has 0 aliphatic rings. The van der Waals surface area contributed by atoms with Gasteiger partial charge in [-0.2, -0.15) is 4.31 Å². The van der Waals surface area contributed by atoms with Crippen molar-refractivity contribution in [2.24, 2.45) is 5.92 Å². The Morgan fingerprint density at radius 2 is 1.53 bits per heavy atom. The molecule has 2 aromatic rings. The van der Waals surface area contributed by atoms with Crippen LogP contribution in [0.15, 0.2) is 47.4 Å². The molecule has 2 rings (SSSR count). The van der Waals surface area contributed by atoms with Crippen molar-refractivity contribution in [1.29, 1.82) is 0 Å². The highest BCUT2D eigenvalue weighted by Gasteiger charge is 2.28. The fourth-order valence-electron chi connectivity index (χ4n) is 2.89. The number of carbonyl (C=O) groups is 3. The minimum Gasteiger partial charge on any atom is -0.340 e. The third kappa shape index (κ3) is 6.58. The zero-order valence-electron chi connectivity index (χ0n) is 19.1. The summed E-state index contributed by atoms with van der Waals surface area (Å²) in [4.78, 5) is 37.0. The lowest BCUT2D eigenvalue weighted by atomic mass is 10.0. The molecule has 3 N–H and O–H groups in total. The van der Waals surface area contributed by atoms with Crippen LogP contribution in [0.25, 0.3) is 0 Å². The van der Waals surface area contributed by atoms with E-state index in [1.165, 1.54) is 19.2 Å². The van der Waals surface area contributed by atoms with E-state index in [4.69, 9.17) is 0 Å². The summed E-state index contributed by atoms with van der Waals surface area (Å²) < 4.78 is 53.7.